The number of aromatic nitrogens is 2. The van der Waals surface area contributed by atoms with Crippen LogP contribution in [0.3, 0.4) is 0 Å². The highest BCUT2D eigenvalue weighted by atomic mass is 35.5. The highest BCUT2D eigenvalue weighted by Crippen LogP contribution is 2.27. The molecule has 6 heteroatoms. The summed E-state index contributed by atoms with van der Waals surface area (Å²) < 4.78 is 5.61. The normalized spacial score (nSPS) is 10.5. The van der Waals surface area contributed by atoms with Crippen LogP contribution < -0.4 is 15.8 Å². The van der Waals surface area contributed by atoms with Crippen molar-refractivity contribution < 1.29 is 4.74 Å². The Bertz CT molecular complexity index is 557. The molecule has 0 bridgehead atoms. The molecule has 0 spiro atoms. The number of nitrogens with two attached hydrogens (primary N) is 1. The van der Waals surface area contributed by atoms with Gasteiger partial charge in [0.2, 0.25) is 11.8 Å². The number of nitrogens with one attached hydrogen (secondary N) is 1. The largest absolute Gasteiger partial charge is 0.437 e. The first kappa shape index (κ1) is 13.4. The van der Waals surface area contributed by atoms with E-state index in [1.807, 2.05) is 13.8 Å². The van der Waals surface area contributed by atoms with Gasteiger partial charge in [0.15, 0.2) is 0 Å². The fourth-order valence-electron chi connectivity index (χ4n) is 1.40. The second kappa shape index (κ2) is 5.75. The molecule has 0 fully saturated rings. The Hall–Kier alpha value is -2.01. The van der Waals surface area contributed by atoms with Gasteiger partial charge in [0, 0.05) is 11.7 Å². The van der Waals surface area contributed by atoms with Crippen molar-refractivity contribution >= 4 is 23.2 Å². The minimum absolute atomic E-state index is 0.227. The van der Waals surface area contributed by atoms with E-state index in [0.717, 1.165) is 0 Å². The monoisotopic (exact) mass is 278 g/mol. The van der Waals surface area contributed by atoms with Crippen molar-refractivity contribution in [3.63, 3.8) is 0 Å². The van der Waals surface area contributed by atoms with Gasteiger partial charge in [-0.25, -0.2) is 4.98 Å². The average molecular weight is 279 g/mol. The van der Waals surface area contributed by atoms with Gasteiger partial charge in [-0.15, -0.1) is 0 Å². The van der Waals surface area contributed by atoms with E-state index in [2.05, 4.69) is 15.3 Å². The fourth-order valence-corrected chi connectivity index (χ4v) is 1.53. The smallest absolute Gasteiger partial charge is 0.243 e. The van der Waals surface area contributed by atoms with Gasteiger partial charge in [0.05, 0.1) is 6.20 Å². The summed E-state index contributed by atoms with van der Waals surface area (Å²) in [5, 5.41) is 3.44. The number of ether oxygens (including phenoxy) is 1. The third kappa shape index (κ3) is 3.72. The first-order chi connectivity index (χ1) is 9.04. The summed E-state index contributed by atoms with van der Waals surface area (Å²) in [7, 11) is 0. The molecule has 1 aromatic carbocycles. The van der Waals surface area contributed by atoms with E-state index in [0.29, 0.717) is 28.3 Å². The zero-order chi connectivity index (χ0) is 13.8. The molecule has 0 saturated heterocycles. The fraction of sp³-hybridized carbons (Fsp3) is 0.231. The number of halogens is 1. The molecule has 3 N–H and O–H groups in total. The summed E-state index contributed by atoms with van der Waals surface area (Å²) in [6.07, 6.45) is 1.51. The van der Waals surface area contributed by atoms with Crippen LogP contribution in [0.5, 0.6) is 11.6 Å². The molecule has 2 rings (SSSR count). The lowest BCUT2D eigenvalue weighted by atomic mass is 10.3. The van der Waals surface area contributed by atoms with Crippen LogP contribution >= 0.6 is 11.6 Å². The number of anilines is 2. The predicted octanol–water partition coefficient (Wildman–Crippen LogP) is 3.32. The maximum atomic E-state index is 6.01. The Balaban J connectivity index is 2.21. The number of hydrogen-bond acceptors (Lipinski definition) is 5. The number of nitrogen functional groups attached to an aromatic ring is 1. The van der Waals surface area contributed by atoms with E-state index in [1.54, 1.807) is 24.3 Å². The zero-order valence-corrected chi connectivity index (χ0v) is 11.5. The molecule has 1 aromatic heterocycles. The van der Waals surface area contributed by atoms with Crippen molar-refractivity contribution in [1.29, 1.82) is 0 Å². The standard InChI is InChI=1S/C13H15ClN4O/c1-8(2)17-13-16-7-11(14)12(18-13)19-10-5-3-9(15)4-6-10/h3-8H,15H2,1-2H3,(H,16,17,18). The average Bonchev–Trinajstić information content (AvgIpc) is 2.35. The molecule has 100 valence electrons. The van der Waals surface area contributed by atoms with E-state index in [1.165, 1.54) is 6.20 Å². The third-order valence-electron chi connectivity index (χ3n) is 2.22. The lowest BCUT2D eigenvalue weighted by Crippen LogP contribution is -2.12. The van der Waals surface area contributed by atoms with Gasteiger partial charge in [0.25, 0.3) is 0 Å². The molecule has 5 nitrogen and oxygen atoms in total. The number of hydrogen-bond donors (Lipinski definition) is 2. The van der Waals surface area contributed by atoms with Gasteiger partial charge in [-0.1, -0.05) is 11.6 Å². The maximum absolute atomic E-state index is 6.01. The topological polar surface area (TPSA) is 73.1 Å². The highest BCUT2D eigenvalue weighted by molar-refractivity contribution is 6.31. The molecule has 0 saturated carbocycles. The molecule has 1 heterocycles. The Morgan fingerprint density at radius 2 is 1.95 bits per heavy atom. The summed E-state index contributed by atoms with van der Waals surface area (Å²) in [4.78, 5) is 8.30. The van der Waals surface area contributed by atoms with Crippen LogP contribution in [-0.2, 0) is 0 Å². The molecule has 0 atom stereocenters. The second-order valence-electron chi connectivity index (χ2n) is 4.32. The van der Waals surface area contributed by atoms with Gasteiger partial charge in [-0.05, 0) is 38.1 Å². The van der Waals surface area contributed by atoms with Crippen molar-refractivity contribution in [2.24, 2.45) is 0 Å². The lowest BCUT2D eigenvalue weighted by molar-refractivity contribution is 0.462. The highest BCUT2D eigenvalue weighted by Gasteiger charge is 2.08. The maximum Gasteiger partial charge on any atom is 0.243 e. The molecule has 0 aliphatic rings. The van der Waals surface area contributed by atoms with E-state index in [9.17, 15) is 0 Å². The van der Waals surface area contributed by atoms with Crippen LogP contribution in [0.2, 0.25) is 5.02 Å². The van der Waals surface area contributed by atoms with Gasteiger partial charge in [-0.3, -0.25) is 0 Å². The minimum atomic E-state index is 0.227. The number of rotatable bonds is 4. The molecule has 0 unspecified atom stereocenters. The van der Waals surface area contributed by atoms with Crippen molar-refractivity contribution in [3.8, 4) is 11.6 Å². The van der Waals surface area contributed by atoms with Crippen LogP contribution in [-0.4, -0.2) is 16.0 Å². The third-order valence-corrected chi connectivity index (χ3v) is 2.48. The van der Waals surface area contributed by atoms with E-state index in [4.69, 9.17) is 22.1 Å². The molecular formula is C13H15ClN4O. The Morgan fingerprint density at radius 1 is 1.26 bits per heavy atom. The zero-order valence-electron chi connectivity index (χ0n) is 10.7. The van der Waals surface area contributed by atoms with Gasteiger partial charge in [-0.2, -0.15) is 4.98 Å². The number of nitrogens with zero attached hydrogens (tertiary/aromatic N) is 2. The van der Waals surface area contributed by atoms with Gasteiger partial charge < -0.3 is 15.8 Å². The molecule has 0 aliphatic heterocycles. The first-order valence-electron chi connectivity index (χ1n) is 5.87. The molecule has 0 amide bonds. The van der Waals surface area contributed by atoms with Crippen LogP contribution in [0, 0.1) is 0 Å². The molecule has 2 aromatic rings. The number of benzene rings is 1. The summed E-state index contributed by atoms with van der Waals surface area (Å²) in [6, 6.07) is 7.23. The van der Waals surface area contributed by atoms with E-state index in [-0.39, 0.29) is 6.04 Å². The molecule has 0 radical (unpaired) electrons. The molecule has 0 aliphatic carbocycles. The van der Waals surface area contributed by atoms with Crippen molar-refractivity contribution in [3.05, 3.63) is 35.5 Å². The van der Waals surface area contributed by atoms with Gasteiger partial charge >= 0.3 is 0 Å². The SMILES string of the molecule is CC(C)Nc1ncc(Cl)c(Oc2ccc(N)cc2)n1. The first-order valence-corrected chi connectivity index (χ1v) is 6.25. The van der Waals surface area contributed by atoms with Crippen molar-refractivity contribution in [1.82, 2.24) is 9.97 Å². The Labute approximate surface area is 116 Å². The van der Waals surface area contributed by atoms with Gasteiger partial charge in [0.1, 0.15) is 10.8 Å². The summed E-state index contributed by atoms with van der Waals surface area (Å²) in [5.74, 6) is 1.40. The summed E-state index contributed by atoms with van der Waals surface area (Å²) in [5.41, 5.74) is 6.28. The predicted molar refractivity (Wildman–Crippen MR) is 76.7 cm³/mol. The quantitative estimate of drug-likeness (QED) is 0.839. The van der Waals surface area contributed by atoms with Crippen LogP contribution in [0.25, 0.3) is 0 Å². The van der Waals surface area contributed by atoms with Crippen LogP contribution in [0.15, 0.2) is 30.5 Å². The Morgan fingerprint density at radius 3 is 2.58 bits per heavy atom. The molecule has 19 heavy (non-hydrogen) atoms. The van der Waals surface area contributed by atoms with Crippen LogP contribution in [0.1, 0.15) is 13.8 Å². The van der Waals surface area contributed by atoms with Crippen LogP contribution in [0.4, 0.5) is 11.6 Å². The second-order valence-corrected chi connectivity index (χ2v) is 4.72. The van der Waals surface area contributed by atoms with Crippen molar-refractivity contribution in [2.75, 3.05) is 11.1 Å². The van der Waals surface area contributed by atoms with Crippen molar-refractivity contribution in [2.45, 2.75) is 19.9 Å². The summed E-state index contributed by atoms with van der Waals surface area (Å²) >= 11 is 6.01. The lowest BCUT2D eigenvalue weighted by Gasteiger charge is -2.11. The Kier molecular flexibility index (Phi) is 4.06. The van der Waals surface area contributed by atoms with E-state index >= 15 is 0 Å². The van der Waals surface area contributed by atoms with E-state index < -0.39 is 0 Å². The molecular weight excluding hydrogens is 264 g/mol. The summed E-state index contributed by atoms with van der Waals surface area (Å²) in [6.45, 7) is 4.00. The minimum Gasteiger partial charge on any atom is -0.437 e.